The van der Waals surface area contributed by atoms with Gasteiger partial charge in [-0.3, -0.25) is 4.79 Å². The second kappa shape index (κ2) is 5.45. The van der Waals surface area contributed by atoms with Crippen LogP contribution in [0, 0.1) is 22.7 Å². The van der Waals surface area contributed by atoms with E-state index in [2.05, 4.69) is 0 Å². The Morgan fingerprint density at radius 3 is 2.78 bits per heavy atom. The van der Waals surface area contributed by atoms with Crippen LogP contribution in [0.15, 0.2) is 34.7 Å². The van der Waals surface area contributed by atoms with Gasteiger partial charge >= 0.3 is 11.9 Å². The predicted octanol–water partition coefficient (Wildman–Crippen LogP) is 1.51. The number of esters is 2. The summed E-state index contributed by atoms with van der Waals surface area (Å²) in [4.78, 5) is 25.7. The van der Waals surface area contributed by atoms with E-state index in [0.717, 1.165) is 5.56 Å². The first-order valence-corrected chi connectivity index (χ1v) is 9.39. The number of furan rings is 1. The maximum Gasteiger partial charge on any atom is 0.334 e. The summed E-state index contributed by atoms with van der Waals surface area (Å²) >= 11 is 0. The highest BCUT2D eigenvalue weighted by molar-refractivity contribution is 5.94. The summed E-state index contributed by atoms with van der Waals surface area (Å²) in [5.41, 5.74) is -0.758. The molecule has 2 saturated heterocycles. The van der Waals surface area contributed by atoms with Crippen molar-refractivity contribution in [2.45, 2.75) is 44.5 Å². The van der Waals surface area contributed by atoms with Gasteiger partial charge in [-0.2, -0.15) is 0 Å². The van der Waals surface area contributed by atoms with Crippen LogP contribution in [-0.4, -0.2) is 41.0 Å². The third kappa shape index (κ3) is 1.93. The standard InChI is InChI=1S/C20H22O7/c1-10-4-16-20(9-21)13(17(23)27-16)5-12(22)6-15(20)19(10)7-14(26-18(19)24)11-2-3-25-8-11/h2-3,5,8,10,12,14-16,21-22H,4,6-7,9H2,1H3. The first-order chi connectivity index (χ1) is 12.9. The average molecular weight is 374 g/mol. The number of hydrogen-bond acceptors (Lipinski definition) is 7. The molecule has 0 bridgehead atoms. The fraction of sp³-hybridized carbons (Fsp3) is 0.600. The first-order valence-electron chi connectivity index (χ1n) is 9.39. The second-order valence-corrected chi connectivity index (χ2v) is 8.36. The highest BCUT2D eigenvalue weighted by atomic mass is 16.6. The lowest BCUT2D eigenvalue weighted by Gasteiger charge is -2.55. The van der Waals surface area contributed by atoms with Crippen LogP contribution >= 0.6 is 0 Å². The predicted molar refractivity (Wildman–Crippen MR) is 90.0 cm³/mol. The van der Waals surface area contributed by atoms with Crippen molar-refractivity contribution in [3.63, 3.8) is 0 Å². The van der Waals surface area contributed by atoms with Gasteiger partial charge in [-0.15, -0.1) is 0 Å². The lowest BCUT2D eigenvalue weighted by Crippen LogP contribution is -2.61. The Hall–Kier alpha value is -2.12. The fourth-order valence-electron chi connectivity index (χ4n) is 6.11. The summed E-state index contributed by atoms with van der Waals surface area (Å²) in [7, 11) is 0. The van der Waals surface area contributed by atoms with Crippen LogP contribution in [0.1, 0.15) is 37.9 Å². The summed E-state index contributed by atoms with van der Waals surface area (Å²) in [6.07, 6.45) is 4.01. The lowest BCUT2D eigenvalue weighted by atomic mass is 9.45. The maximum absolute atomic E-state index is 13.2. The topological polar surface area (TPSA) is 106 Å². The minimum absolute atomic E-state index is 0.117. The minimum Gasteiger partial charge on any atom is -0.472 e. The van der Waals surface area contributed by atoms with Crippen molar-refractivity contribution in [2.75, 3.05) is 6.61 Å². The Morgan fingerprint density at radius 2 is 2.07 bits per heavy atom. The van der Waals surface area contributed by atoms with Crippen LogP contribution < -0.4 is 0 Å². The molecule has 2 aliphatic heterocycles. The summed E-state index contributed by atoms with van der Waals surface area (Å²) in [6, 6.07) is 1.78. The van der Waals surface area contributed by atoms with Crippen LogP contribution in [0.2, 0.25) is 0 Å². The number of carbonyl (C=O) groups excluding carboxylic acids is 2. The van der Waals surface area contributed by atoms with Crippen molar-refractivity contribution in [1.82, 2.24) is 0 Å². The normalized spacial score (nSPS) is 45.4. The molecule has 4 aliphatic rings. The molecule has 2 aliphatic carbocycles. The smallest absolute Gasteiger partial charge is 0.334 e. The summed E-state index contributed by atoms with van der Waals surface area (Å²) in [5, 5.41) is 20.8. The molecule has 7 unspecified atom stereocenters. The number of aliphatic hydroxyl groups is 2. The zero-order chi connectivity index (χ0) is 19.0. The van der Waals surface area contributed by atoms with Crippen LogP contribution in [0.25, 0.3) is 0 Å². The minimum atomic E-state index is -0.965. The molecule has 1 spiro atoms. The van der Waals surface area contributed by atoms with E-state index in [1.54, 1.807) is 18.6 Å². The van der Waals surface area contributed by atoms with Gasteiger partial charge in [0.2, 0.25) is 0 Å². The second-order valence-electron chi connectivity index (χ2n) is 8.36. The molecule has 27 heavy (non-hydrogen) atoms. The van der Waals surface area contributed by atoms with Crippen molar-refractivity contribution in [3.8, 4) is 0 Å². The molecule has 144 valence electrons. The van der Waals surface area contributed by atoms with E-state index < -0.39 is 41.0 Å². The Bertz CT molecular complexity index is 827. The molecule has 1 aromatic heterocycles. The van der Waals surface area contributed by atoms with E-state index >= 15 is 0 Å². The Kier molecular flexibility index (Phi) is 3.44. The third-order valence-electron chi connectivity index (χ3n) is 7.40. The van der Waals surface area contributed by atoms with Gasteiger partial charge in [0.1, 0.15) is 12.2 Å². The Balaban J connectivity index is 1.65. The third-order valence-corrected chi connectivity index (χ3v) is 7.40. The molecule has 0 amide bonds. The zero-order valence-electron chi connectivity index (χ0n) is 15.0. The molecule has 0 aromatic carbocycles. The van der Waals surface area contributed by atoms with Gasteiger partial charge in [0.15, 0.2) is 0 Å². The highest BCUT2D eigenvalue weighted by Gasteiger charge is 2.73. The van der Waals surface area contributed by atoms with Crippen molar-refractivity contribution in [2.24, 2.45) is 22.7 Å². The molecule has 5 rings (SSSR count). The van der Waals surface area contributed by atoms with Crippen LogP contribution in [0.3, 0.4) is 0 Å². The van der Waals surface area contributed by atoms with E-state index in [1.807, 2.05) is 6.92 Å². The zero-order valence-corrected chi connectivity index (χ0v) is 15.0. The Morgan fingerprint density at radius 1 is 1.26 bits per heavy atom. The summed E-state index contributed by atoms with van der Waals surface area (Å²) < 4.78 is 16.5. The highest BCUT2D eigenvalue weighted by Crippen LogP contribution is 2.68. The van der Waals surface area contributed by atoms with Gasteiger partial charge in [0.25, 0.3) is 0 Å². The molecule has 3 fully saturated rings. The molecular formula is C20H22O7. The number of cyclic esters (lactones) is 1. The fourth-order valence-corrected chi connectivity index (χ4v) is 6.11. The quantitative estimate of drug-likeness (QED) is 0.756. The van der Waals surface area contributed by atoms with Gasteiger partial charge in [0.05, 0.1) is 36.1 Å². The van der Waals surface area contributed by atoms with Gasteiger partial charge in [-0.25, -0.2) is 4.79 Å². The molecule has 7 heteroatoms. The molecule has 3 heterocycles. The van der Waals surface area contributed by atoms with Gasteiger partial charge in [0, 0.05) is 17.6 Å². The van der Waals surface area contributed by atoms with Gasteiger partial charge < -0.3 is 24.1 Å². The molecule has 7 nitrogen and oxygen atoms in total. The number of ether oxygens (including phenoxy) is 2. The monoisotopic (exact) mass is 374 g/mol. The van der Waals surface area contributed by atoms with Gasteiger partial charge in [-0.05, 0) is 36.8 Å². The molecule has 7 atom stereocenters. The molecule has 1 aromatic rings. The molecule has 0 radical (unpaired) electrons. The molecular weight excluding hydrogens is 352 g/mol. The van der Waals surface area contributed by atoms with E-state index in [-0.39, 0.29) is 24.9 Å². The number of rotatable bonds is 2. The van der Waals surface area contributed by atoms with E-state index in [0.29, 0.717) is 18.4 Å². The Labute approximate surface area is 155 Å². The van der Waals surface area contributed by atoms with E-state index in [1.165, 1.54) is 6.08 Å². The van der Waals surface area contributed by atoms with Crippen LogP contribution in [0.5, 0.6) is 0 Å². The maximum atomic E-state index is 13.2. The van der Waals surface area contributed by atoms with Crippen LogP contribution in [-0.2, 0) is 19.1 Å². The van der Waals surface area contributed by atoms with E-state index in [9.17, 15) is 19.8 Å². The summed E-state index contributed by atoms with van der Waals surface area (Å²) in [5.74, 6) is -1.38. The number of aliphatic hydroxyl groups excluding tert-OH is 2. The number of carbonyl (C=O) groups is 2. The molecule has 2 N–H and O–H groups in total. The number of hydrogen-bond donors (Lipinski definition) is 2. The van der Waals surface area contributed by atoms with E-state index in [4.69, 9.17) is 13.9 Å². The lowest BCUT2D eigenvalue weighted by molar-refractivity contribution is -0.176. The van der Waals surface area contributed by atoms with Gasteiger partial charge in [-0.1, -0.05) is 6.92 Å². The van der Waals surface area contributed by atoms with Crippen molar-refractivity contribution in [1.29, 1.82) is 0 Å². The number of fused-ring (bicyclic) bond motifs is 1. The first kappa shape index (κ1) is 17.0. The van der Waals surface area contributed by atoms with Crippen molar-refractivity contribution >= 4 is 11.9 Å². The molecule has 1 saturated carbocycles. The summed E-state index contributed by atoms with van der Waals surface area (Å²) in [6.45, 7) is 1.67. The van der Waals surface area contributed by atoms with Crippen molar-refractivity contribution in [3.05, 3.63) is 35.8 Å². The van der Waals surface area contributed by atoms with Crippen molar-refractivity contribution < 1.29 is 33.7 Å². The largest absolute Gasteiger partial charge is 0.472 e. The van der Waals surface area contributed by atoms with Crippen LogP contribution in [0.4, 0.5) is 0 Å². The SMILES string of the molecule is CC1CC2OC(=O)C3=CC(O)CC(C14CC(c1ccoc1)OC4=O)C32CO. The average Bonchev–Trinajstić information content (AvgIpc) is 3.33.